The smallest absolute Gasteiger partial charge is 0.410 e. The summed E-state index contributed by atoms with van der Waals surface area (Å²) in [6.45, 7) is 10.1. The molecule has 0 spiro atoms. The fraction of sp³-hybridized carbons (Fsp3) is 0.636. The van der Waals surface area contributed by atoms with Crippen LogP contribution in [0.25, 0.3) is 0 Å². The highest BCUT2D eigenvalue weighted by Gasteiger charge is 2.34. The first kappa shape index (κ1) is 27.1. The molecule has 0 saturated heterocycles. The Kier molecular flexibility index (Phi) is 11.2. The van der Waals surface area contributed by atoms with Crippen LogP contribution < -0.4 is 20.1 Å². The van der Waals surface area contributed by atoms with Crippen LogP contribution in [0, 0.1) is 0 Å². The third-order valence-corrected chi connectivity index (χ3v) is 4.47. The summed E-state index contributed by atoms with van der Waals surface area (Å²) >= 11 is 0. The summed E-state index contributed by atoms with van der Waals surface area (Å²) in [5, 5.41) is 6.54. The minimum Gasteiger partial charge on any atom is -0.493 e. The Bertz CT molecular complexity index is 733. The minimum atomic E-state index is -0.493. The van der Waals surface area contributed by atoms with E-state index < -0.39 is 5.60 Å². The number of ether oxygens (including phenoxy) is 3. The summed E-state index contributed by atoms with van der Waals surface area (Å²) in [4.78, 5) is 18.9. The molecule has 2 rings (SSSR count). The number of nitrogens with zero attached hydrogens (tertiary/aromatic N) is 2. The number of methoxy groups -OCH3 is 2. The third-order valence-electron chi connectivity index (χ3n) is 4.47. The molecule has 1 amide bonds. The van der Waals surface area contributed by atoms with Gasteiger partial charge in [0, 0.05) is 25.7 Å². The summed E-state index contributed by atoms with van der Waals surface area (Å²) in [7, 11) is 3.23. The number of aliphatic imine (C=N–C) groups is 1. The lowest BCUT2D eigenvalue weighted by atomic mass is 10.2. The highest BCUT2D eigenvalue weighted by Crippen LogP contribution is 2.28. The number of hydrogen-bond acceptors (Lipinski definition) is 5. The zero-order chi connectivity index (χ0) is 22.1. The van der Waals surface area contributed by atoms with Crippen molar-refractivity contribution in [1.82, 2.24) is 15.5 Å². The lowest BCUT2D eigenvalue weighted by Gasteiger charge is -2.27. The normalized spacial score (nSPS) is 13.7. The van der Waals surface area contributed by atoms with Crippen molar-refractivity contribution in [2.24, 2.45) is 4.99 Å². The maximum Gasteiger partial charge on any atom is 0.410 e. The summed E-state index contributed by atoms with van der Waals surface area (Å²) in [6, 6.07) is 6.04. The molecule has 0 heterocycles. The molecule has 31 heavy (non-hydrogen) atoms. The van der Waals surface area contributed by atoms with Crippen LogP contribution in [0.1, 0.15) is 46.1 Å². The molecular formula is C22H37IN4O4. The zero-order valence-electron chi connectivity index (χ0n) is 19.5. The van der Waals surface area contributed by atoms with Gasteiger partial charge in [0.15, 0.2) is 17.5 Å². The average molecular weight is 548 g/mol. The van der Waals surface area contributed by atoms with Crippen molar-refractivity contribution in [1.29, 1.82) is 0 Å². The van der Waals surface area contributed by atoms with E-state index in [2.05, 4.69) is 15.6 Å². The van der Waals surface area contributed by atoms with Gasteiger partial charge in [0.25, 0.3) is 0 Å². The molecule has 0 unspecified atom stereocenters. The number of amides is 1. The van der Waals surface area contributed by atoms with E-state index in [1.54, 1.807) is 14.2 Å². The number of hydrogen-bond donors (Lipinski definition) is 2. The van der Waals surface area contributed by atoms with Gasteiger partial charge >= 0.3 is 6.09 Å². The molecule has 0 atom stereocenters. The fourth-order valence-corrected chi connectivity index (χ4v) is 2.92. The molecule has 1 saturated carbocycles. The standard InChI is InChI=1S/C22H36N4O4.HI/c1-7-23-20(25-15-16-8-11-18(28-5)19(14-16)29-6)24-12-13-26(17-9-10-17)21(27)30-22(2,3)4;/h8,11,14,17H,7,9-10,12-13,15H2,1-6H3,(H2,23,24,25);1H. The first-order valence-corrected chi connectivity index (χ1v) is 10.5. The number of halogens is 1. The van der Waals surface area contributed by atoms with Crippen molar-refractivity contribution in [2.75, 3.05) is 33.9 Å². The van der Waals surface area contributed by atoms with E-state index in [1.165, 1.54) is 0 Å². The summed E-state index contributed by atoms with van der Waals surface area (Å²) in [5.41, 5.74) is 0.520. The molecular weight excluding hydrogens is 511 g/mol. The van der Waals surface area contributed by atoms with Gasteiger partial charge in [-0.25, -0.2) is 9.79 Å². The van der Waals surface area contributed by atoms with Gasteiger partial charge in [-0.05, 0) is 58.2 Å². The summed E-state index contributed by atoms with van der Waals surface area (Å²) < 4.78 is 16.2. The van der Waals surface area contributed by atoms with E-state index in [0.29, 0.717) is 37.1 Å². The SMILES string of the molecule is CCNC(=NCc1ccc(OC)c(OC)c1)NCCN(C(=O)OC(C)(C)C)C1CC1.I. The summed E-state index contributed by atoms with van der Waals surface area (Å²) in [5.74, 6) is 2.07. The van der Waals surface area contributed by atoms with E-state index in [1.807, 2.05) is 50.8 Å². The van der Waals surface area contributed by atoms with Crippen LogP contribution in [-0.4, -0.2) is 62.4 Å². The highest BCUT2D eigenvalue weighted by molar-refractivity contribution is 14.0. The molecule has 0 bridgehead atoms. The van der Waals surface area contributed by atoms with E-state index in [9.17, 15) is 4.79 Å². The second kappa shape index (κ2) is 12.8. The van der Waals surface area contributed by atoms with Crippen LogP contribution in [0.5, 0.6) is 11.5 Å². The second-order valence-corrected chi connectivity index (χ2v) is 8.22. The first-order chi connectivity index (χ1) is 14.3. The molecule has 0 aromatic heterocycles. The van der Waals surface area contributed by atoms with Crippen molar-refractivity contribution in [3.8, 4) is 11.5 Å². The van der Waals surface area contributed by atoms with Gasteiger partial charge in [0.05, 0.1) is 20.8 Å². The van der Waals surface area contributed by atoms with Gasteiger partial charge in [-0.15, -0.1) is 24.0 Å². The Morgan fingerprint density at radius 2 is 1.84 bits per heavy atom. The molecule has 0 aliphatic heterocycles. The Hall–Kier alpha value is -1.91. The van der Waals surface area contributed by atoms with E-state index >= 15 is 0 Å². The molecule has 1 aliphatic carbocycles. The number of carbonyl (C=O) groups is 1. The monoisotopic (exact) mass is 548 g/mol. The van der Waals surface area contributed by atoms with Crippen molar-refractivity contribution in [2.45, 2.75) is 58.7 Å². The van der Waals surface area contributed by atoms with Crippen LogP contribution in [-0.2, 0) is 11.3 Å². The Labute approximate surface area is 203 Å². The highest BCUT2D eigenvalue weighted by atomic mass is 127. The topological polar surface area (TPSA) is 84.4 Å². The number of rotatable bonds is 9. The maximum atomic E-state index is 12.5. The van der Waals surface area contributed by atoms with Crippen LogP contribution >= 0.6 is 24.0 Å². The second-order valence-electron chi connectivity index (χ2n) is 8.22. The zero-order valence-corrected chi connectivity index (χ0v) is 21.8. The molecule has 1 aromatic rings. The van der Waals surface area contributed by atoms with Gasteiger partial charge in [-0.1, -0.05) is 6.07 Å². The lowest BCUT2D eigenvalue weighted by molar-refractivity contribution is 0.0238. The van der Waals surface area contributed by atoms with Gasteiger partial charge in [0.1, 0.15) is 5.60 Å². The van der Waals surface area contributed by atoms with Crippen LogP contribution in [0.15, 0.2) is 23.2 Å². The fourth-order valence-electron chi connectivity index (χ4n) is 2.92. The maximum absolute atomic E-state index is 12.5. The molecule has 1 aromatic carbocycles. The number of guanidine groups is 1. The molecule has 8 nitrogen and oxygen atoms in total. The molecule has 176 valence electrons. The van der Waals surface area contributed by atoms with Gasteiger partial charge in [-0.3, -0.25) is 0 Å². The van der Waals surface area contributed by atoms with Crippen molar-refractivity contribution in [3.63, 3.8) is 0 Å². The van der Waals surface area contributed by atoms with Crippen molar-refractivity contribution < 1.29 is 19.0 Å². The van der Waals surface area contributed by atoms with Gasteiger partial charge in [-0.2, -0.15) is 0 Å². The minimum absolute atomic E-state index is 0. The molecule has 2 N–H and O–H groups in total. The largest absolute Gasteiger partial charge is 0.493 e. The van der Waals surface area contributed by atoms with Crippen molar-refractivity contribution >= 4 is 36.0 Å². The molecule has 9 heteroatoms. The molecule has 1 aliphatic rings. The van der Waals surface area contributed by atoms with Crippen LogP contribution in [0.4, 0.5) is 4.79 Å². The van der Waals surface area contributed by atoms with Crippen LogP contribution in [0.2, 0.25) is 0 Å². The average Bonchev–Trinajstić information content (AvgIpc) is 3.52. The molecule has 0 radical (unpaired) electrons. The lowest BCUT2D eigenvalue weighted by Crippen LogP contribution is -2.45. The van der Waals surface area contributed by atoms with E-state index in [-0.39, 0.29) is 36.1 Å². The quantitative estimate of drug-likeness (QED) is 0.278. The summed E-state index contributed by atoms with van der Waals surface area (Å²) in [6.07, 6.45) is 1.82. The van der Waals surface area contributed by atoms with Gasteiger partial charge in [0.2, 0.25) is 0 Å². The van der Waals surface area contributed by atoms with Gasteiger partial charge < -0.3 is 29.7 Å². The van der Waals surface area contributed by atoms with Crippen molar-refractivity contribution in [3.05, 3.63) is 23.8 Å². The number of carbonyl (C=O) groups excluding carboxylic acids is 1. The first-order valence-electron chi connectivity index (χ1n) is 10.5. The Morgan fingerprint density at radius 1 is 1.16 bits per heavy atom. The molecule has 1 fully saturated rings. The number of nitrogens with one attached hydrogen (secondary N) is 2. The Balaban J connectivity index is 0.00000480. The third kappa shape index (κ3) is 9.40. The number of benzene rings is 1. The van der Waals surface area contributed by atoms with Crippen LogP contribution in [0.3, 0.4) is 0 Å². The van der Waals surface area contributed by atoms with E-state index in [0.717, 1.165) is 24.9 Å². The predicted molar refractivity (Wildman–Crippen MR) is 134 cm³/mol. The predicted octanol–water partition coefficient (Wildman–Crippen LogP) is 3.78. The van der Waals surface area contributed by atoms with E-state index in [4.69, 9.17) is 14.2 Å². The Morgan fingerprint density at radius 3 is 2.39 bits per heavy atom.